The fraction of sp³-hybridized carbons (Fsp3) is 0.800. The average Bonchev–Trinajstić information content (AvgIpc) is 2.24. The van der Waals surface area contributed by atoms with Crippen molar-refractivity contribution in [2.45, 2.75) is 37.8 Å². The van der Waals surface area contributed by atoms with Crippen molar-refractivity contribution in [3.63, 3.8) is 0 Å². The Kier molecular flexibility index (Phi) is 7.85. The molecule has 0 amide bonds. The van der Waals surface area contributed by atoms with Crippen molar-refractivity contribution in [2.75, 3.05) is 6.54 Å². The minimum Gasteiger partial charge on any atom is -0.481 e. The van der Waals surface area contributed by atoms with Crippen molar-refractivity contribution < 1.29 is 34.2 Å². The third-order valence-corrected chi connectivity index (χ3v) is 4.09. The van der Waals surface area contributed by atoms with Gasteiger partial charge >= 0.3 is 19.5 Å². The van der Waals surface area contributed by atoms with Gasteiger partial charge in [0.25, 0.3) is 0 Å². The van der Waals surface area contributed by atoms with Crippen LogP contribution in [0.15, 0.2) is 0 Å². The zero-order valence-electron chi connectivity index (χ0n) is 10.4. The molecule has 0 saturated carbocycles. The molecule has 6 N–H and O–H groups in total. The van der Waals surface area contributed by atoms with Crippen molar-refractivity contribution in [1.82, 2.24) is 0 Å². The second-order valence-electron chi connectivity index (χ2n) is 4.31. The monoisotopic (exact) mass is 297 g/mol. The highest BCUT2D eigenvalue weighted by Gasteiger charge is 2.45. The highest BCUT2D eigenvalue weighted by Crippen LogP contribution is 2.46. The zero-order chi connectivity index (χ0) is 15.1. The van der Waals surface area contributed by atoms with E-state index in [4.69, 9.17) is 25.7 Å². The van der Waals surface area contributed by atoms with E-state index in [1.165, 1.54) is 0 Å². The summed E-state index contributed by atoms with van der Waals surface area (Å²) >= 11 is 0. The molecule has 0 heterocycles. The second kappa shape index (κ2) is 8.27. The lowest BCUT2D eigenvalue weighted by Crippen LogP contribution is -2.34. The van der Waals surface area contributed by atoms with E-state index in [0.717, 1.165) is 12.8 Å². The molecule has 8 nitrogen and oxygen atoms in total. The molecule has 0 saturated heterocycles. The Bertz CT molecular complexity index is 354. The van der Waals surface area contributed by atoms with E-state index in [2.05, 4.69) is 0 Å². The molecule has 0 aromatic heterocycles. The van der Waals surface area contributed by atoms with Gasteiger partial charge in [-0.2, -0.15) is 0 Å². The number of carbonyl (C=O) groups is 2. The predicted octanol–water partition coefficient (Wildman–Crippen LogP) is 0.227. The Morgan fingerprint density at radius 1 is 1.00 bits per heavy atom. The number of carboxylic acids is 2. The summed E-state index contributed by atoms with van der Waals surface area (Å²) in [6.45, 7) is 0.516. The molecule has 0 aliphatic rings. The molecule has 0 aliphatic carbocycles. The fourth-order valence-electron chi connectivity index (χ4n) is 1.83. The summed E-state index contributed by atoms with van der Waals surface area (Å²) < 4.78 is 11.1. The van der Waals surface area contributed by atoms with Crippen molar-refractivity contribution in [1.29, 1.82) is 0 Å². The Labute approximate surface area is 110 Å². The topological polar surface area (TPSA) is 158 Å². The number of hydrogen-bond acceptors (Lipinski definition) is 4. The van der Waals surface area contributed by atoms with Gasteiger partial charge in [0.15, 0.2) is 5.66 Å². The molecule has 2 atom stereocenters. The van der Waals surface area contributed by atoms with Crippen molar-refractivity contribution in [3.05, 3.63) is 0 Å². The Hall–Kier alpha value is -0.950. The maximum absolute atomic E-state index is 11.1. The summed E-state index contributed by atoms with van der Waals surface area (Å²) in [5.41, 5.74) is 3.09. The van der Waals surface area contributed by atoms with E-state index in [9.17, 15) is 14.2 Å². The molecular weight excluding hydrogens is 277 g/mol. The SMILES string of the molecule is NCCCCCCC(C(=O)O)C(C(=O)O)P(=O)(O)O. The van der Waals surface area contributed by atoms with Gasteiger partial charge in [-0.05, 0) is 19.4 Å². The number of rotatable bonds is 10. The molecule has 2 unspecified atom stereocenters. The van der Waals surface area contributed by atoms with Gasteiger partial charge in [0.1, 0.15) is 0 Å². The van der Waals surface area contributed by atoms with E-state index in [1.807, 2.05) is 0 Å². The van der Waals surface area contributed by atoms with Gasteiger partial charge in [-0.15, -0.1) is 0 Å². The van der Waals surface area contributed by atoms with Crippen LogP contribution < -0.4 is 5.73 Å². The van der Waals surface area contributed by atoms with Crippen molar-refractivity contribution in [2.24, 2.45) is 11.7 Å². The molecular formula is C10H20NO7P. The molecule has 19 heavy (non-hydrogen) atoms. The number of hydrogen-bond donors (Lipinski definition) is 5. The lowest BCUT2D eigenvalue weighted by Gasteiger charge is -2.21. The zero-order valence-corrected chi connectivity index (χ0v) is 11.3. The van der Waals surface area contributed by atoms with Crippen LogP contribution in [-0.4, -0.2) is 44.1 Å². The largest absolute Gasteiger partial charge is 0.481 e. The van der Waals surface area contributed by atoms with Crippen LogP contribution in [-0.2, 0) is 14.2 Å². The van der Waals surface area contributed by atoms with Gasteiger partial charge in [0.05, 0.1) is 5.92 Å². The molecule has 112 valence electrons. The Morgan fingerprint density at radius 2 is 1.53 bits per heavy atom. The first-order valence-corrected chi connectivity index (χ1v) is 7.60. The Morgan fingerprint density at radius 3 is 1.89 bits per heavy atom. The van der Waals surface area contributed by atoms with E-state index in [-0.39, 0.29) is 6.42 Å². The van der Waals surface area contributed by atoms with E-state index in [0.29, 0.717) is 19.4 Å². The normalized spacial score (nSPS) is 14.9. The number of carboxylic acid groups (broad SMARTS) is 2. The first-order chi connectivity index (χ1) is 8.71. The predicted molar refractivity (Wildman–Crippen MR) is 66.7 cm³/mol. The lowest BCUT2D eigenvalue weighted by molar-refractivity contribution is -0.148. The van der Waals surface area contributed by atoms with Gasteiger partial charge in [0.2, 0.25) is 0 Å². The third-order valence-electron chi connectivity index (χ3n) is 2.78. The van der Waals surface area contributed by atoms with E-state index >= 15 is 0 Å². The molecule has 0 aromatic carbocycles. The molecule has 0 spiro atoms. The quantitative estimate of drug-likeness (QED) is 0.283. The van der Waals surface area contributed by atoms with Crippen LogP contribution in [0.2, 0.25) is 0 Å². The number of unbranched alkanes of at least 4 members (excludes halogenated alkanes) is 3. The van der Waals surface area contributed by atoms with Crippen molar-refractivity contribution in [3.8, 4) is 0 Å². The van der Waals surface area contributed by atoms with Crippen LogP contribution in [0.25, 0.3) is 0 Å². The summed E-state index contributed by atoms with van der Waals surface area (Å²) in [5, 5.41) is 17.7. The van der Waals surface area contributed by atoms with Gasteiger partial charge in [0, 0.05) is 0 Å². The summed E-state index contributed by atoms with van der Waals surface area (Å²) in [4.78, 5) is 39.8. The molecule has 0 rings (SSSR count). The van der Waals surface area contributed by atoms with Gasteiger partial charge in [-0.25, -0.2) is 0 Å². The first kappa shape index (κ1) is 18.0. The van der Waals surface area contributed by atoms with Crippen LogP contribution in [0.5, 0.6) is 0 Å². The summed E-state index contributed by atoms with van der Waals surface area (Å²) in [6.07, 6.45) is 2.51. The van der Waals surface area contributed by atoms with Crippen molar-refractivity contribution >= 4 is 19.5 Å². The van der Waals surface area contributed by atoms with E-state index < -0.39 is 31.1 Å². The fourth-order valence-corrected chi connectivity index (χ4v) is 2.86. The second-order valence-corrected chi connectivity index (χ2v) is 6.04. The smallest absolute Gasteiger partial charge is 0.340 e. The molecule has 0 aromatic rings. The average molecular weight is 297 g/mol. The van der Waals surface area contributed by atoms with E-state index in [1.54, 1.807) is 0 Å². The maximum atomic E-state index is 11.1. The minimum absolute atomic E-state index is 0.0814. The summed E-state index contributed by atoms with van der Waals surface area (Å²) in [7, 11) is -5.00. The van der Waals surface area contributed by atoms with Crippen LogP contribution in [0.1, 0.15) is 32.1 Å². The molecule has 0 bridgehead atoms. The highest BCUT2D eigenvalue weighted by molar-refractivity contribution is 7.53. The highest BCUT2D eigenvalue weighted by atomic mass is 31.2. The summed E-state index contributed by atoms with van der Waals surface area (Å²) in [6, 6.07) is 0. The number of aliphatic carboxylic acids is 2. The Balaban J connectivity index is 4.65. The standard InChI is InChI=1S/C10H20NO7P/c11-6-4-2-1-3-5-7(9(12)13)8(10(14)15)19(16,17)18/h7-8H,1-6,11H2,(H,12,13)(H,14,15)(H2,16,17,18). The van der Waals surface area contributed by atoms with Gasteiger partial charge in [-0.1, -0.05) is 19.3 Å². The first-order valence-electron chi connectivity index (χ1n) is 5.92. The molecule has 0 radical (unpaired) electrons. The van der Waals surface area contributed by atoms with Gasteiger partial charge in [-0.3, -0.25) is 14.2 Å². The number of nitrogens with two attached hydrogens (primary N) is 1. The van der Waals surface area contributed by atoms with Crippen LogP contribution in [0.4, 0.5) is 0 Å². The molecule has 0 fully saturated rings. The minimum atomic E-state index is -5.00. The summed E-state index contributed by atoms with van der Waals surface area (Å²) in [5.74, 6) is -4.88. The van der Waals surface area contributed by atoms with Crippen LogP contribution in [0.3, 0.4) is 0 Å². The lowest BCUT2D eigenvalue weighted by atomic mass is 9.97. The molecule has 0 aliphatic heterocycles. The third kappa shape index (κ3) is 6.68. The van der Waals surface area contributed by atoms with Crippen LogP contribution in [0, 0.1) is 5.92 Å². The van der Waals surface area contributed by atoms with Gasteiger partial charge < -0.3 is 25.7 Å². The molecule has 9 heteroatoms. The van der Waals surface area contributed by atoms with Crippen LogP contribution >= 0.6 is 7.60 Å². The maximum Gasteiger partial charge on any atom is 0.340 e.